The summed E-state index contributed by atoms with van der Waals surface area (Å²) in [6.07, 6.45) is 0.685. The normalized spacial score (nSPS) is 11.4. The molecular formula is C10H14ClN3O3. The van der Waals surface area contributed by atoms with E-state index in [1.807, 2.05) is 20.8 Å². The van der Waals surface area contributed by atoms with Gasteiger partial charge in [-0.3, -0.25) is 10.1 Å². The summed E-state index contributed by atoms with van der Waals surface area (Å²) >= 11 is 5.67. The molecular weight excluding hydrogens is 246 g/mol. The highest BCUT2D eigenvalue weighted by Crippen LogP contribution is 2.31. The smallest absolute Gasteiger partial charge is 0.352 e. The zero-order valence-electron chi connectivity index (χ0n) is 10.2. The molecule has 0 saturated carbocycles. The zero-order chi connectivity index (χ0) is 13.2. The molecule has 7 heteroatoms. The molecule has 94 valence electrons. The maximum atomic E-state index is 10.9. The van der Waals surface area contributed by atoms with Crippen LogP contribution in [0.15, 0.2) is 0 Å². The number of nitrogens with zero attached hydrogens (tertiary/aromatic N) is 3. The Labute approximate surface area is 104 Å². The van der Waals surface area contributed by atoms with Crippen molar-refractivity contribution in [3.8, 4) is 5.88 Å². The average Bonchev–Trinajstić information content (AvgIpc) is 2.14. The van der Waals surface area contributed by atoms with E-state index in [1.165, 1.54) is 6.92 Å². The molecule has 1 rings (SSSR count). The molecule has 0 aliphatic heterocycles. The van der Waals surface area contributed by atoms with Crippen LogP contribution < -0.4 is 4.74 Å². The predicted octanol–water partition coefficient (Wildman–Crippen LogP) is 2.91. The topological polar surface area (TPSA) is 78.2 Å². The van der Waals surface area contributed by atoms with Crippen molar-refractivity contribution < 1.29 is 9.66 Å². The lowest BCUT2D eigenvalue weighted by atomic mass is 10.1. The summed E-state index contributed by atoms with van der Waals surface area (Å²) in [4.78, 5) is 17.9. The Bertz CT molecular complexity index is 449. The number of hydrogen-bond acceptors (Lipinski definition) is 5. The van der Waals surface area contributed by atoms with E-state index in [-0.39, 0.29) is 22.5 Å². The third kappa shape index (κ3) is 3.26. The van der Waals surface area contributed by atoms with Crippen LogP contribution in [0.1, 0.15) is 32.9 Å². The van der Waals surface area contributed by atoms with Crippen molar-refractivity contribution in [3.05, 3.63) is 21.1 Å². The zero-order valence-corrected chi connectivity index (χ0v) is 10.9. The lowest BCUT2D eigenvalue weighted by molar-refractivity contribution is -0.387. The molecule has 0 aliphatic carbocycles. The number of nitro groups is 1. The molecule has 17 heavy (non-hydrogen) atoms. The van der Waals surface area contributed by atoms with E-state index in [2.05, 4.69) is 9.97 Å². The van der Waals surface area contributed by atoms with Crippen LogP contribution in [-0.2, 0) is 0 Å². The second kappa shape index (κ2) is 4.83. The van der Waals surface area contributed by atoms with E-state index in [1.54, 1.807) is 0 Å². The fraction of sp³-hybridized carbons (Fsp3) is 0.600. The SMILES string of the molecule is CCC(C)(C)Oc1nc(Cl)nc(C)c1[N+](=O)[O-]. The lowest BCUT2D eigenvalue weighted by Crippen LogP contribution is -2.28. The number of hydrogen-bond donors (Lipinski definition) is 0. The fourth-order valence-electron chi connectivity index (χ4n) is 1.12. The van der Waals surface area contributed by atoms with Gasteiger partial charge in [-0.1, -0.05) is 6.92 Å². The van der Waals surface area contributed by atoms with E-state index in [4.69, 9.17) is 16.3 Å². The summed E-state index contributed by atoms with van der Waals surface area (Å²) in [6.45, 7) is 7.06. The number of halogens is 1. The standard InChI is InChI=1S/C10H14ClN3O3/c1-5-10(3,4)17-8-7(14(15)16)6(2)12-9(11)13-8/h5H2,1-4H3. The second-order valence-electron chi connectivity index (χ2n) is 4.20. The van der Waals surface area contributed by atoms with Crippen LogP contribution in [0.2, 0.25) is 5.28 Å². The van der Waals surface area contributed by atoms with Gasteiger partial charge in [0.2, 0.25) is 5.28 Å². The third-order valence-electron chi connectivity index (χ3n) is 2.41. The Balaban J connectivity index is 3.26. The van der Waals surface area contributed by atoms with Crippen LogP contribution in [0, 0.1) is 17.0 Å². The monoisotopic (exact) mass is 259 g/mol. The van der Waals surface area contributed by atoms with Gasteiger partial charge in [0.15, 0.2) is 0 Å². The first-order valence-corrected chi connectivity index (χ1v) is 5.52. The van der Waals surface area contributed by atoms with Gasteiger partial charge in [0.1, 0.15) is 11.3 Å². The number of aromatic nitrogens is 2. The van der Waals surface area contributed by atoms with Crippen LogP contribution in [0.4, 0.5) is 5.69 Å². The summed E-state index contributed by atoms with van der Waals surface area (Å²) in [5.74, 6) is -0.0839. The molecule has 1 heterocycles. The minimum atomic E-state index is -0.563. The van der Waals surface area contributed by atoms with Crippen LogP contribution in [0.25, 0.3) is 0 Å². The van der Waals surface area contributed by atoms with Crippen molar-refractivity contribution in [2.24, 2.45) is 0 Å². The highest BCUT2D eigenvalue weighted by molar-refractivity contribution is 6.28. The van der Waals surface area contributed by atoms with Crippen molar-refractivity contribution >= 4 is 17.3 Å². The summed E-state index contributed by atoms with van der Waals surface area (Å²) in [5, 5.41) is 10.9. The van der Waals surface area contributed by atoms with Crippen LogP contribution in [-0.4, -0.2) is 20.5 Å². The average molecular weight is 260 g/mol. The number of ether oxygens (including phenoxy) is 1. The summed E-state index contributed by atoms with van der Waals surface area (Å²) in [6, 6.07) is 0. The van der Waals surface area contributed by atoms with Gasteiger partial charge < -0.3 is 4.74 Å². The van der Waals surface area contributed by atoms with Gasteiger partial charge in [0, 0.05) is 0 Å². The van der Waals surface area contributed by atoms with E-state index in [0.717, 1.165) is 0 Å². The first kappa shape index (κ1) is 13.6. The van der Waals surface area contributed by atoms with Crippen molar-refractivity contribution in [1.82, 2.24) is 9.97 Å². The van der Waals surface area contributed by atoms with Crippen LogP contribution in [0.3, 0.4) is 0 Å². The van der Waals surface area contributed by atoms with Gasteiger partial charge in [-0.15, -0.1) is 0 Å². The predicted molar refractivity (Wildman–Crippen MR) is 63.4 cm³/mol. The highest BCUT2D eigenvalue weighted by atomic mass is 35.5. The molecule has 0 aliphatic rings. The van der Waals surface area contributed by atoms with Crippen molar-refractivity contribution in [2.75, 3.05) is 0 Å². The number of aryl methyl sites for hydroxylation is 1. The molecule has 0 spiro atoms. The molecule has 0 atom stereocenters. The van der Waals surface area contributed by atoms with E-state index < -0.39 is 10.5 Å². The molecule has 0 radical (unpaired) electrons. The van der Waals surface area contributed by atoms with Crippen molar-refractivity contribution in [1.29, 1.82) is 0 Å². The van der Waals surface area contributed by atoms with Gasteiger partial charge in [-0.05, 0) is 38.8 Å². The molecule has 0 aromatic carbocycles. The maximum Gasteiger partial charge on any atom is 0.352 e. The number of rotatable bonds is 4. The molecule has 0 saturated heterocycles. The Morgan fingerprint density at radius 3 is 2.53 bits per heavy atom. The minimum absolute atomic E-state index is 0.0602. The molecule has 0 unspecified atom stereocenters. The minimum Gasteiger partial charge on any atom is -0.467 e. The summed E-state index contributed by atoms with van der Waals surface area (Å²) < 4.78 is 5.53. The van der Waals surface area contributed by atoms with Crippen LogP contribution in [0.5, 0.6) is 5.88 Å². The molecule has 0 fully saturated rings. The van der Waals surface area contributed by atoms with E-state index in [9.17, 15) is 10.1 Å². The van der Waals surface area contributed by atoms with Gasteiger partial charge in [-0.25, -0.2) is 4.98 Å². The van der Waals surface area contributed by atoms with Gasteiger partial charge >= 0.3 is 5.69 Å². The summed E-state index contributed by atoms with van der Waals surface area (Å²) in [7, 11) is 0. The van der Waals surface area contributed by atoms with Crippen molar-refractivity contribution in [3.63, 3.8) is 0 Å². The molecule has 0 N–H and O–H groups in total. The van der Waals surface area contributed by atoms with Crippen LogP contribution >= 0.6 is 11.6 Å². The fourth-order valence-corrected chi connectivity index (χ4v) is 1.33. The Hall–Kier alpha value is -1.43. The third-order valence-corrected chi connectivity index (χ3v) is 2.58. The first-order valence-electron chi connectivity index (χ1n) is 5.14. The summed E-state index contributed by atoms with van der Waals surface area (Å²) in [5.41, 5.74) is -0.595. The van der Waals surface area contributed by atoms with Crippen molar-refractivity contribution in [2.45, 2.75) is 39.7 Å². The maximum absolute atomic E-state index is 10.9. The lowest BCUT2D eigenvalue weighted by Gasteiger charge is -2.23. The molecule has 0 amide bonds. The highest BCUT2D eigenvalue weighted by Gasteiger charge is 2.28. The Kier molecular flexibility index (Phi) is 3.87. The van der Waals surface area contributed by atoms with Gasteiger partial charge in [-0.2, -0.15) is 4.98 Å². The second-order valence-corrected chi connectivity index (χ2v) is 4.54. The van der Waals surface area contributed by atoms with Gasteiger partial charge in [0.25, 0.3) is 5.88 Å². The Morgan fingerprint density at radius 1 is 1.47 bits per heavy atom. The van der Waals surface area contributed by atoms with E-state index in [0.29, 0.717) is 6.42 Å². The Morgan fingerprint density at radius 2 is 2.06 bits per heavy atom. The molecule has 1 aromatic rings. The molecule has 0 bridgehead atoms. The molecule has 1 aromatic heterocycles. The largest absolute Gasteiger partial charge is 0.467 e. The van der Waals surface area contributed by atoms with Gasteiger partial charge in [0.05, 0.1) is 4.92 Å². The van der Waals surface area contributed by atoms with E-state index >= 15 is 0 Å². The molecule has 6 nitrogen and oxygen atoms in total. The quantitative estimate of drug-likeness (QED) is 0.472. The first-order chi connectivity index (χ1) is 7.76.